The molecule has 0 spiro atoms. The molecule has 1 rings (SSSR count). The van der Waals surface area contributed by atoms with Crippen LogP contribution in [0.1, 0.15) is 27.7 Å². The van der Waals surface area contributed by atoms with Gasteiger partial charge in [-0.05, 0) is 52.0 Å². The van der Waals surface area contributed by atoms with Gasteiger partial charge >= 0.3 is 29.6 Å². The van der Waals surface area contributed by atoms with Crippen LogP contribution in [0, 0.1) is 0 Å². The second-order valence-electron chi connectivity index (χ2n) is 8.57. The molecule has 12 nitrogen and oxygen atoms in total. The van der Waals surface area contributed by atoms with Crippen molar-refractivity contribution < 1.29 is 66.4 Å². The minimum atomic E-state index is -4.33. The van der Waals surface area contributed by atoms with E-state index < -0.39 is 27.3 Å². The van der Waals surface area contributed by atoms with E-state index in [1.165, 1.54) is 37.0 Å². The summed E-state index contributed by atoms with van der Waals surface area (Å²) < 4.78 is 36.2. The van der Waals surface area contributed by atoms with Gasteiger partial charge < -0.3 is 29.3 Å². The van der Waals surface area contributed by atoms with Crippen LogP contribution in [-0.2, 0) is 34.0 Å². The van der Waals surface area contributed by atoms with Gasteiger partial charge in [0.25, 0.3) is 0 Å². The Kier molecular flexibility index (Phi) is 27.4. The van der Waals surface area contributed by atoms with Crippen molar-refractivity contribution in [2.45, 2.75) is 33.2 Å². The van der Waals surface area contributed by atoms with Gasteiger partial charge in [0.15, 0.2) is 0 Å². The zero-order valence-electron chi connectivity index (χ0n) is 25.1. The van der Waals surface area contributed by atoms with Crippen LogP contribution in [-0.4, -0.2) is 116 Å². The number of morpholine rings is 1. The predicted octanol–water partition coefficient (Wildman–Crippen LogP) is -2.05. The number of nitrogens with zero attached hydrogens (tertiary/aromatic N) is 3. The van der Waals surface area contributed by atoms with Crippen molar-refractivity contribution in [1.29, 1.82) is 0 Å². The Hall–Kier alpha value is -2.29. The Labute approximate surface area is 262 Å². The number of nitrogens with one attached hydrogen (secondary N) is 1. The third-order valence-electron chi connectivity index (χ3n) is 4.55. The maximum absolute atomic E-state index is 10.9. The number of hydrogen-bond acceptors (Lipinski definition) is 8. The number of carbonyl (C=O) groups is 4. The second kappa shape index (κ2) is 24.5. The maximum Gasteiger partial charge on any atom is 1.00 e. The van der Waals surface area contributed by atoms with Crippen molar-refractivity contribution >= 4 is 33.7 Å². The zero-order valence-corrected chi connectivity index (χ0v) is 27.9. The molecule has 40 heavy (non-hydrogen) atoms. The number of carbonyl (C=O) groups excluding carboxylic acids is 4. The first-order chi connectivity index (χ1) is 17.9. The van der Waals surface area contributed by atoms with E-state index in [4.69, 9.17) is 4.74 Å². The predicted molar refractivity (Wildman–Crippen MR) is 152 cm³/mol. The van der Waals surface area contributed by atoms with Crippen LogP contribution in [0.5, 0.6) is 0 Å². The number of likely N-dealkylation sites (N-methyl/N-ethyl adjacent to an activating group) is 2. The van der Waals surface area contributed by atoms with Crippen molar-refractivity contribution in [3.63, 3.8) is 0 Å². The van der Waals surface area contributed by atoms with Gasteiger partial charge in [-0.25, -0.2) is 8.42 Å². The Bertz CT molecular complexity index is 927. The fourth-order valence-corrected chi connectivity index (χ4v) is 3.58. The largest absolute Gasteiger partial charge is 1.00 e. The summed E-state index contributed by atoms with van der Waals surface area (Å²) in [5, 5.41) is 2.33. The number of rotatable bonds is 9. The molecule has 0 radical (unpaired) electrons. The average molecular weight is 597 g/mol. The summed E-state index contributed by atoms with van der Waals surface area (Å²) in [6, 6.07) is 0. The van der Waals surface area contributed by atoms with Gasteiger partial charge in [0, 0.05) is 45.8 Å². The van der Waals surface area contributed by atoms with E-state index in [1.807, 2.05) is 13.8 Å². The Balaban J connectivity index is -0.000000219. The van der Waals surface area contributed by atoms with Crippen molar-refractivity contribution in [3.05, 3.63) is 50.6 Å². The number of hydrogen-bond donors (Lipinski definition) is 1. The Morgan fingerprint density at radius 3 is 1.62 bits per heavy atom. The first-order valence-electron chi connectivity index (χ1n) is 12.1. The van der Waals surface area contributed by atoms with E-state index in [0.29, 0.717) is 26.3 Å². The van der Waals surface area contributed by atoms with E-state index in [1.54, 1.807) is 23.9 Å². The van der Waals surface area contributed by atoms with Crippen molar-refractivity contribution in [1.82, 2.24) is 20.0 Å². The molecular formula is C26H45N4NaO8S. The van der Waals surface area contributed by atoms with Crippen LogP contribution in [0.4, 0.5) is 0 Å². The molecular weight excluding hydrogens is 551 g/mol. The van der Waals surface area contributed by atoms with Gasteiger partial charge in [-0.2, -0.15) is 0 Å². The summed E-state index contributed by atoms with van der Waals surface area (Å²) in [4.78, 5) is 47.7. The van der Waals surface area contributed by atoms with E-state index >= 15 is 0 Å². The van der Waals surface area contributed by atoms with Gasteiger partial charge in [-0.3, -0.25) is 19.2 Å². The smallest absolute Gasteiger partial charge is 0.748 e. The van der Waals surface area contributed by atoms with Crippen LogP contribution in [0.2, 0.25) is 0 Å². The zero-order chi connectivity index (χ0) is 31.2. The van der Waals surface area contributed by atoms with Crippen LogP contribution in [0.15, 0.2) is 50.6 Å². The normalized spacial score (nSPS) is 11.9. The van der Waals surface area contributed by atoms with Crippen molar-refractivity contribution in [3.8, 4) is 0 Å². The third kappa shape index (κ3) is 26.0. The summed E-state index contributed by atoms with van der Waals surface area (Å²) in [5.74, 6) is -1.18. The maximum atomic E-state index is 10.9. The quantitative estimate of drug-likeness (QED) is 0.181. The molecule has 0 bridgehead atoms. The summed E-state index contributed by atoms with van der Waals surface area (Å²) in [6.45, 7) is 24.3. The van der Waals surface area contributed by atoms with E-state index in [0.717, 1.165) is 19.2 Å². The monoisotopic (exact) mass is 596 g/mol. The summed E-state index contributed by atoms with van der Waals surface area (Å²) in [5.41, 5.74) is -1.06. The fourth-order valence-electron chi connectivity index (χ4n) is 2.62. The summed E-state index contributed by atoms with van der Waals surface area (Å²) in [6.07, 6.45) is 4.97. The van der Waals surface area contributed by atoms with Gasteiger partial charge in [-0.15, -0.1) is 0 Å². The van der Waals surface area contributed by atoms with E-state index in [9.17, 15) is 32.1 Å². The molecule has 1 fully saturated rings. The number of ether oxygens (including phenoxy) is 1. The molecule has 0 aliphatic carbocycles. The molecule has 4 amide bonds. The molecule has 1 aliphatic rings. The molecule has 1 heterocycles. The molecule has 1 N–H and O–H groups in total. The molecule has 14 heteroatoms. The molecule has 0 aromatic heterocycles. The van der Waals surface area contributed by atoms with Gasteiger partial charge in [0.2, 0.25) is 23.6 Å². The fraction of sp³-hybridized carbons (Fsp3) is 0.538. The van der Waals surface area contributed by atoms with E-state index in [-0.39, 0.29) is 47.3 Å². The SMILES string of the molecule is C=CC(=O)N(C)C.C=CC(=O)N(CC)CC.C=CC(=O)N1CCOCC1.C=CC(=O)NC(C)(C)CS(=O)(=O)[O-].[Na+]. The van der Waals surface area contributed by atoms with Gasteiger partial charge in [0.1, 0.15) is 0 Å². The first-order valence-corrected chi connectivity index (χ1v) is 13.6. The Morgan fingerprint density at radius 2 is 1.38 bits per heavy atom. The molecule has 0 unspecified atom stereocenters. The molecule has 0 atom stereocenters. The minimum Gasteiger partial charge on any atom is -0.748 e. The Morgan fingerprint density at radius 1 is 0.925 bits per heavy atom. The first kappa shape index (κ1) is 44.7. The van der Waals surface area contributed by atoms with Crippen LogP contribution in [0.25, 0.3) is 0 Å². The summed E-state index contributed by atoms with van der Waals surface area (Å²) >= 11 is 0. The minimum absolute atomic E-state index is 0. The molecule has 1 saturated heterocycles. The van der Waals surface area contributed by atoms with Crippen LogP contribution >= 0.6 is 0 Å². The topological polar surface area (TPSA) is 156 Å². The standard InChI is InChI=1S/C7H13NO4S.C7H11NO2.C7H13NO.C5H9NO.Na/c1-4-6(9)8-7(2,3)5-13(10,11)12;1-2-7(9)8-3-5-10-6-4-8;1-4-7(9)8(5-2)6-3;1-4-5(7)6(2)3;/h4H,1,5H2,2-3H3,(H,8,9)(H,10,11,12);2H,1,3-6H2;4H,1,5-6H2,2-3H3;4H,1H2,2-3H3;/q;;;;+1/p-1. The van der Waals surface area contributed by atoms with Gasteiger partial charge in [0.05, 0.1) is 29.1 Å². The molecule has 0 aromatic carbocycles. The average Bonchev–Trinajstić information content (AvgIpc) is 2.87. The van der Waals surface area contributed by atoms with E-state index in [2.05, 4.69) is 31.6 Å². The second-order valence-corrected chi connectivity index (χ2v) is 9.98. The van der Waals surface area contributed by atoms with Crippen LogP contribution < -0.4 is 34.9 Å². The van der Waals surface area contributed by atoms with Crippen molar-refractivity contribution in [2.75, 3.05) is 59.2 Å². The number of amides is 4. The van der Waals surface area contributed by atoms with Gasteiger partial charge in [-0.1, -0.05) is 26.3 Å². The molecule has 224 valence electrons. The third-order valence-corrected chi connectivity index (χ3v) is 5.62. The van der Waals surface area contributed by atoms with Crippen molar-refractivity contribution in [2.24, 2.45) is 0 Å². The summed E-state index contributed by atoms with van der Waals surface area (Å²) in [7, 11) is -0.966. The molecule has 0 saturated carbocycles. The molecule has 1 aliphatic heterocycles. The molecule has 0 aromatic rings. The van der Waals surface area contributed by atoms with Crippen LogP contribution in [0.3, 0.4) is 0 Å².